The highest BCUT2D eigenvalue weighted by Gasteiger charge is 2.25. The van der Waals surface area contributed by atoms with E-state index >= 15 is 0 Å². The Bertz CT molecular complexity index is 675. The molecule has 1 atom stereocenters. The average molecular weight is 256 g/mol. The van der Waals surface area contributed by atoms with Crippen LogP contribution in [0.25, 0.3) is 0 Å². The van der Waals surface area contributed by atoms with Gasteiger partial charge < -0.3 is 10.4 Å². The monoisotopic (exact) mass is 256 g/mol. The van der Waals surface area contributed by atoms with Crippen LogP contribution in [0.4, 0.5) is 5.95 Å². The molecule has 19 heavy (non-hydrogen) atoms. The number of nitrogens with one attached hydrogen (secondary N) is 1. The number of allylic oxidation sites excluding steroid dienone is 1. The second-order valence-corrected chi connectivity index (χ2v) is 4.40. The van der Waals surface area contributed by atoms with Crippen molar-refractivity contribution in [2.75, 3.05) is 5.32 Å². The number of benzene rings is 1. The van der Waals surface area contributed by atoms with E-state index in [4.69, 9.17) is 5.11 Å². The van der Waals surface area contributed by atoms with Gasteiger partial charge in [0.05, 0.1) is 0 Å². The van der Waals surface area contributed by atoms with Crippen LogP contribution in [0, 0.1) is 6.92 Å². The normalized spacial score (nSPS) is 17.3. The number of carboxylic acid groups (broad SMARTS) is 1. The first-order valence-corrected chi connectivity index (χ1v) is 5.83. The molecule has 0 saturated carbocycles. The van der Waals surface area contributed by atoms with Crippen LogP contribution in [0.2, 0.25) is 0 Å². The number of aryl methyl sites for hydroxylation is 1. The van der Waals surface area contributed by atoms with E-state index in [0.29, 0.717) is 5.95 Å². The van der Waals surface area contributed by atoms with Crippen LogP contribution in [0.3, 0.4) is 0 Å². The van der Waals surface area contributed by atoms with Gasteiger partial charge in [0.15, 0.2) is 0 Å². The average Bonchev–Trinajstić information content (AvgIpc) is 2.85. The smallest absolute Gasteiger partial charge is 0.352 e. The van der Waals surface area contributed by atoms with Crippen LogP contribution in [0.1, 0.15) is 17.2 Å². The molecule has 6 nitrogen and oxygen atoms in total. The second-order valence-electron chi connectivity index (χ2n) is 4.40. The Morgan fingerprint density at radius 2 is 2.32 bits per heavy atom. The number of hydrogen-bond acceptors (Lipinski definition) is 4. The van der Waals surface area contributed by atoms with Gasteiger partial charge in [-0.15, -0.1) is 0 Å². The van der Waals surface area contributed by atoms with Crippen molar-refractivity contribution in [2.24, 2.45) is 0 Å². The molecule has 0 saturated heterocycles. The highest BCUT2D eigenvalue weighted by atomic mass is 16.4. The van der Waals surface area contributed by atoms with Crippen LogP contribution >= 0.6 is 0 Å². The minimum atomic E-state index is -1.01. The number of hydrogen-bond donors (Lipinski definition) is 2. The van der Waals surface area contributed by atoms with E-state index in [-0.39, 0.29) is 11.7 Å². The quantitative estimate of drug-likeness (QED) is 0.852. The zero-order valence-corrected chi connectivity index (χ0v) is 10.2. The summed E-state index contributed by atoms with van der Waals surface area (Å²) in [6, 6.07) is 7.64. The van der Waals surface area contributed by atoms with E-state index in [0.717, 1.165) is 11.1 Å². The third kappa shape index (κ3) is 1.97. The number of carboxylic acids is 1. The van der Waals surface area contributed by atoms with E-state index in [1.54, 1.807) is 10.8 Å². The lowest BCUT2D eigenvalue weighted by Gasteiger charge is -2.22. The Hall–Kier alpha value is -2.63. The summed E-state index contributed by atoms with van der Waals surface area (Å²) >= 11 is 0. The first-order valence-electron chi connectivity index (χ1n) is 5.83. The number of rotatable bonds is 2. The number of aromatic nitrogens is 3. The summed E-state index contributed by atoms with van der Waals surface area (Å²) in [7, 11) is 0. The Kier molecular flexibility index (Phi) is 2.56. The largest absolute Gasteiger partial charge is 0.477 e. The maximum atomic E-state index is 11.1. The molecule has 0 aliphatic carbocycles. The summed E-state index contributed by atoms with van der Waals surface area (Å²) in [5.41, 5.74) is 2.21. The number of carbonyl (C=O) groups is 1. The van der Waals surface area contributed by atoms with Crippen molar-refractivity contribution in [3.63, 3.8) is 0 Å². The van der Waals surface area contributed by atoms with Gasteiger partial charge in [-0.2, -0.15) is 10.1 Å². The standard InChI is InChI=1S/C13H12N4O2/c1-8-3-2-4-9(5-8)11-6-10(12(18)19)16-13-14-7-15-17(11)13/h2-7,11H,1H3,(H,18,19)(H,14,15,16)/t11-/m0/s1. The van der Waals surface area contributed by atoms with Crippen molar-refractivity contribution in [3.05, 3.63) is 53.5 Å². The molecule has 1 aromatic heterocycles. The van der Waals surface area contributed by atoms with Crippen LogP contribution in [0.5, 0.6) is 0 Å². The minimum Gasteiger partial charge on any atom is -0.477 e. The third-order valence-electron chi connectivity index (χ3n) is 3.02. The molecule has 0 unspecified atom stereocenters. The van der Waals surface area contributed by atoms with E-state index in [2.05, 4.69) is 15.4 Å². The van der Waals surface area contributed by atoms with Gasteiger partial charge in [0.2, 0.25) is 5.95 Å². The zero-order chi connectivity index (χ0) is 13.4. The predicted octanol–water partition coefficient (Wildman–Crippen LogP) is 1.57. The summed E-state index contributed by atoms with van der Waals surface area (Å²) in [6.07, 6.45) is 3.04. The van der Waals surface area contributed by atoms with Gasteiger partial charge in [0.25, 0.3) is 0 Å². The zero-order valence-electron chi connectivity index (χ0n) is 10.2. The van der Waals surface area contributed by atoms with E-state index in [1.165, 1.54) is 6.33 Å². The Morgan fingerprint density at radius 1 is 1.47 bits per heavy atom. The molecule has 0 bridgehead atoms. The van der Waals surface area contributed by atoms with Crippen molar-refractivity contribution >= 4 is 11.9 Å². The molecule has 2 heterocycles. The van der Waals surface area contributed by atoms with Gasteiger partial charge in [-0.25, -0.2) is 9.48 Å². The second kappa shape index (κ2) is 4.24. The van der Waals surface area contributed by atoms with Crippen molar-refractivity contribution in [3.8, 4) is 0 Å². The molecule has 3 rings (SSSR count). The third-order valence-corrected chi connectivity index (χ3v) is 3.02. The molecular weight excluding hydrogens is 244 g/mol. The molecule has 0 radical (unpaired) electrons. The Balaban J connectivity index is 2.11. The molecule has 0 fully saturated rings. The molecule has 1 aliphatic heterocycles. The highest BCUT2D eigenvalue weighted by Crippen LogP contribution is 2.28. The summed E-state index contributed by atoms with van der Waals surface area (Å²) in [5.74, 6) is -0.571. The maximum absolute atomic E-state index is 11.1. The maximum Gasteiger partial charge on any atom is 0.352 e. The fourth-order valence-corrected chi connectivity index (χ4v) is 2.15. The summed E-state index contributed by atoms with van der Waals surface area (Å²) in [6.45, 7) is 1.99. The number of aliphatic carboxylic acids is 1. The SMILES string of the molecule is Cc1cccc([C@@H]2C=C(C(=O)O)Nc3ncnn32)c1. The van der Waals surface area contributed by atoms with E-state index < -0.39 is 5.97 Å². The predicted molar refractivity (Wildman–Crippen MR) is 68.7 cm³/mol. The Labute approximate surface area is 109 Å². The number of anilines is 1. The van der Waals surface area contributed by atoms with Crippen LogP contribution in [0.15, 0.2) is 42.4 Å². The van der Waals surface area contributed by atoms with Gasteiger partial charge in [-0.05, 0) is 18.6 Å². The van der Waals surface area contributed by atoms with Gasteiger partial charge in [0.1, 0.15) is 18.1 Å². The van der Waals surface area contributed by atoms with Gasteiger partial charge in [-0.1, -0.05) is 29.8 Å². The molecule has 2 N–H and O–H groups in total. The van der Waals surface area contributed by atoms with Crippen LogP contribution < -0.4 is 5.32 Å². The van der Waals surface area contributed by atoms with Crippen LogP contribution in [-0.4, -0.2) is 25.8 Å². The number of nitrogens with zero attached hydrogens (tertiary/aromatic N) is 3. The molecular formula is C13H12N4O2. The molecule has 1 aromatic carbocycles. The fourth-order valence-electron chi connectivity index (χ4n) is 2.15. The first-order chi connectivity index (χ1) is 9.15. The van der Waals surface area contributed by atoms with Crippen molar-refractivity contribution in [1.29, 1.82) is 0 Å². The number of fused-ring (bicyclic) bond motifs is 1. The lowest BCUT2D eigenvalue weighted by Crippen LogP contribution is -2.24. The topological polar surface area (TPSA) is 80.0 Å². The molecule has 6 heteroatoms. The van der Waals surface area contributed by atoms with Gasteiger partial charge in [-0.3, -0.25) is 0 Å². The lowest BCUT2D eigenvalue weighted by atomic mass is 10.0. The summed E-state index contributed by atoms with van der Waals surface area (Å²) in [4.78, 5) is 15.2. The van der Waals surface area contributed by atoms with Crippen molar-refractivity contribution in [1.82, 2.24) is 14.8 Å². The summed E-state index contributed by atoms with van der Waals surface area (Å²) < 4.78 is 1.67. The minimum absolute atomic E-state index is 0.118. The first kappa shape index (κ1) is 11.5. The molecule has 0 spiro atoms. The molecule has 0 amide bonds. The fraction of sp³-hybridized carbons (Fsp3) is 0.154. The van der Waals surface area contributed by atoms with Crippen molar-refractivity contribution in [2.45, 2.75) is 13.0 Å². The lowest BCUT2D eigenvalue weighted by molar-refractivity contribution is -0.132. The highest BCUT2D eigenvalue weighted by molar-refractivity contribution is 5.90. The van der Waals surface area contributed by atoms with Crippen LogP contribution in [-0.2, 0) is 4.79 Å². The Morgan fingerprint density at radius 3 is 3.05 bits per heavy atom. The summed E-state index contributed by atoms with van der Waals surface area (Å²) in [5, 5.41) is 16.0. The molecule has 96 valence electrons. The molecule has 2 aromatic rings. The van der Waals surface area contributed by atoms with Gasteiger partial charge in [0, 0.05) is 0 Å². The van der Waals surface area contributed by atoms with Crippen molar-refractivity contribution < 1.29 is 9.90 Å². The molecule has 1 aliphatic rings. The van der Waals surface area contributed by atoms with E-state index in [1.807, 2.05) is 31.2 Å². The van der Waals surface area contributed by atoms with Gasteiger partial charge >= 0.3 is 5.97 Å². The van der Waals surface area contributed by atoms with E-state index in [9.17, 15) is 4.79 Å².